The molecule has 224 valence electrons. The van der Waals surface area contributed by atoms with Gasteiger partial charge >= 0.3 is 11.9 Å². The summed E-state index contributed by atoms with van der Waals surface area (Å²) >= 11 is 3.31. The third kappa shape index (κ3) is 9.03. The van der Waals surface area contributed by atoms with Gasteiger partial charge in [0, 0.05) is 36.5 Å². The molecule has 0 aliphatic heterocycles. The molecule has 4 rings (SSSR count). The van der Waals surface area contributed by atoms with Gasteiger partial charge in [-0.1, -0.05) is 36.4 Å². The first-order chi connectivity index (χ1) is 20.6. The van der Waals surface area contributed by atoms with Gasteiger partial charge in [0.05, 0.1) is 21.1 Å². The molecule has 10 nitrogen and oxygen atoms in total. The quantitative estimate of drug-likeness (QED) is 0.137. The highest BCUT2D eigenvalue weighted by Crippen LogP contribution is 2.38. The normalized spacial score (nSPS) is 12.5. The number of thiazole rings is 1. The average Bonchev–Trinajstić information content (AvgIpc) is 3.64. The zero-order valence-corrected chi connectivity index (χ0v) is 24.8. The van der Waals surface area contributed by atoms with Gasteiger partial charge in [0.15, 0.2) is 5.78 Å². The standard InChI is InChI=1S/C31H31N3O7S2/c32-30(41)20(10-15-28(37)38)17-23(35)21(11-16-29(39)40)33-27(36)14-7-18-5-8-19(9-6-18)24-12-13-26(42-24)31-34-22-3-1-2-4-25(22)43-31/h1-6,8-9,12-13,20-21H,7,10-11,14-17H2,(H2,32,41)(H,33,36)(H,37,38)(H,39,40)/t20-,21+/m1/s1. The SMILES string of the molecule is NC(=O)[C@H](CCC(=O)O)CC(=O)[C@H](CCC(=O)O)NC(=O)CCc1ccc(-c2ccc(-c3nc4ccccc4s3)s2)cc1. The number of nitrogens with one attached hydrogen (secondary N) is 1. The molecule has 5 N–H and O–H groups in total. The molecule has 0 bridgehead atoms. The number of ketones is 1. The van der Waals surface area contributed by atoms with Gasteiger partial charge in [0.25, 0.3) is 0 Å². The first-order valence-electron chi connectivity index (χ1n) is 13.7. The van der Waals surface area contributed by atoms with Crippen LogP contribution in [0.2, 0.25) is 0 Å². The van der Waals surface area contributed by atoms with Crippen molar-refractivity contribution in [3.63, 3.8) is 0 Å². The first kappa shape index (κ1) is 31.5. The van der Waals surface area contributed by atoms with E-state index in [-0.39, 0.29) is 38.5 Å². The number of rotatable bonds is 16. The lowest BCUT2D eigenvalue weighted by Gasteiger charge is -2.19. The Balaban J connectivity index is 1.33. The number of aryl methyl sites for hydroxylation is 1. The number of thiophene rings is 1. The van der Waals surface area contributed by atoms with Crippen LogP contribution in [0, 0.1) is 5.92 Å². The zero-order valence-electron chi connectivity index (χ0n) is 23.2. The lowest BCUT2D eigenvalue weighted by molar-refractivity contribution is -0.139. The fourth-order valence-corrected chi connectivity index (χ4v) is 6.59. The number of carbonyl (C=O) groups excluding carboxylic acids is 3. The summed E-state index contributed by atoms with van der Waals surface area (Å²) in [5.41, 5.74) is 8.26. The van der Waals surface area contributed by atoms with E-state index in [1.165, 1.54) is 0 Å². The topological polar surface area (TPSA) is 177 Å². The Morgan fingerprint density at radius 3 is 2.16 bits per heavy atom. The maximum absolute atomic E-state index is 12.9. The van der Waals surface area contributed by atoms with E-state index in [0.29, 0.717) is 6.42 Å². The molecule has 2 amide bonds. The van der Waals surface area contributed by atoms with Crippen LogP contribution in [-0.2, 0) is 30.4 Å². The maximum atomic E-state index is 12.9. The summed E-state index contributed by atoms with van der Waals surface area (Å²) in [4.78, 5) is 66.2. The van der Waals surface area contributed by atoms with E-state index >= 15 is 0 Å². The molecule has 0 unspecified atom stereocenters. The average molecular weight is 622 g/mol. The number of Topliss-reactive ketones (excluding diaryl/α,β-unsaturated/α-hetero) is 1. The zero-order chi connectivity index (χ0) is 30.9. The number of nitrogens with zero attached hydrogens (tertiary/aromatic N) is 1. The number of hydrogen-bond donors (Lipinski definition) is 4. The molecule has 0 saturated heterocycles. The minimum Gasteiger partial charge on any atom is -0.481 e. The summed E-state index contributed by atoms with van der Waals surface area (Å²) in [6, 6.07) is 18.9. The Bertz CT molecular complexity index is 1590. The van der Waals surface area contributed by atoms with Crippen molar-refractivity contribution < 1.29 is 34.2 Å². The van der Waals surface area contributed by atoms with Crippen molar-refractivity contribution in [1.82, 2.24) is 10.3 Å². The number of amides is 2. The van der Waals surface area contributed by atoms with Crippen LogP contribution in [-0.4, -0.2) is 50.8 Å². The number of carboxylic acids is 2. The second kappa shape index (κ2) is 14.7. The molecule has 0 spiro atoms. The second-order valence-corrected chi connectivity index (χ2v) is 12.2. The van der Waals surface area contributed by atoms with E-state index < -0.39 is 41.5 Å². The Labute approximate surface area is 255 Å². The van der Waals surface area contributed by atoms with Crippen molar-refractivity contribution in [1.29, 1.82) is 0 Å². The van der Waals surface area contributed by atoms with Gasteiger partial charge < -0.3 is 21.3 Å². The number of carbonyl (C=O) groups is 5. The highest BCUT2D eigenvalue weighted by Gasteiger charge is 2.27. The van der Waals surface area contributed by atoms with Gasteiger partial charge in [-0.2, -0.15) is 0 Å². The Kier molecular flexibility index (Phi) is 10.7. The maximum Gasteiger partial charge on any atom is 0.303 e. The Morgan fingerprint density at radius 2 is 1.49 bits per heavy atom. The molecular formula is C31H31N3O7S2. The van der Waals surface area contributed by atoms with Crippen LogP contribution in [0.15, 0.2) is 60.7 Å². The van der Waals surface area contributed by atoms with Crippen molar-refractivity contribution >= 4 is 62.4 Å². The Morgan fingerprint density at radius 1 is 0.814 bits per heavy atom. The molecular weight excluding hydrogens is 590 g/mol. The summed E-state index contributed by atoms with van der Waals surface area (Å²) in [7, 11) is 0. The van der Waals surface area contributed by atoms with Crippen molar-refractivity contribution in [2.24, 2.45) is 11.7 Å². The van der Waals surface area contributed by atoms with Crippen LogP contribution in [0.4, 0.5) is 0 Å². The number of nitrogens with two attached hydrogens (primary N) is 1. The number of aliphatic carboxylic acids is 2. The number of para-hydroxylation sites is 1. The van der Waals surface area contributed by atoms with Crippen molar-refractivity contribution in [2.45, 2.75) is 51.0 Å². The molecule has 2 aromatic heterocycles. The number of aromatic nitrogens is 1. The van der Waals surface area contributed by atoms with E-state index in [1.54, 1.807) is 22.7 Å². The Hall–Kier alpha value is -4.42. The van der Waals surface area contributed by atoms with Crippen LogP contribution >= 0.6 is 22.7 Å². The van der Waals surface area contributed by atoms with Gasteiger partial charge in [-0.15, -0.1) is 22.7 Å². The van der Waals surface area contributed by atoms with Gasteiger partial charge in [-0.25, -0.2) is 4.98 Å². The van der Waals surface area contributed by atoms with Gasteiger partial charge in [0.2, 0.25) is 11.8 Å². The third-order valence-electron chi connectivity index (χ3n) is 6.92. The molecule has 0 radical (unpaired) electrons. The minimum absolute atomic E-state index is 0.0647. The molecule has 0 aliphatic carbocycles. The molecule has 2 aromatic carbocycles. The molecule has 0 saturated carbocycles. The highest BCUT2D eigenvalue weighted by molar-refractivity contribution is 7.26. The number of benzene rings is 2. The number of primary amides is 1. The van der Waals surface area contributed by atoms with Crippen LogP contribution in [0.1, 0.15) is 44.1 Å². The predicted molar refractivity (Wildman–Crippen MR) is 165 cm³/mol. The van der Waals surface area contributed by atoms with E-state index in [9.17, 15) is 24.0 Å². The summed E-state index contributed by atoms with van der Waals surface area (Å²) in [5, 5.41) is 21.5. The minimum atomic E-state index is -1.14. The third-order valence-corrected chi connectivity index (χ3v) is 9.26. The van der Waals surface area contributed by atoms with Crippen LogP contribution < -0.4 is 11.1 Å². The number of hydrogen-bond acceptors (Lipinski definition) is 8. The van der Waals surface area contributed by atoms with Gasteiger partial charge in [-0.3, -0.25) is 24.0 Å². The summed E-state index contributed by atoms with van der Waals surface area (Å²) in [6.07, 6.45) is -0.900. The smallest absolute Gasteiger partial charge is 0.303 e. The van der Waals surface area contributed by atoms with Crippen LogP contribution in [0.25, 0.3) is 30.5 Å². The van der Waals surface area contributed by atoms with E-state index in [4.69, 9.17) is 20.9 Å². The van der Waals surface area contributed by atoms with E-state index in [1.807, 2.05) is 42.5 Å². The van der Waals surface area contributed by atoms with Crippen molar-refractivity contribution in [3.8, 4) is 20.3 Å². The lowest BCUT2D eigenvalue weighted by atomic mass is 9.92. The molecule has 4 aromatic rings. The second-order valence-electron chi connectivity index (χ2n) is 10.1. The fourth-order valence-electron chi connectivity index (χ4n) is 4.55. The fraction of sp³-hybridized carbons (Fsp3) is 0.290. The summed E-state index contributed by atoms with van der Waals surface area (Å²) in [5.74, 6) is -5.11. The van der Waals surface area contributed by atoms with Gasteiger partial charge in [-0.05, 0) is 54.7 Å². The lowest BCUT2D eigenvalue weighted by Crippen LogP contribution is -2.43. The number of fused-ring (bicyclic) bond motifs is 1. The summed E-state index contributed by atoms with van der Waals surface area (Å²) in [6.45, 7) is 0. The molecule has 2 atom stereocenters. The number of carboxylic acid groups (broad SMARTS) is 2. The highest BCUT2D eigenvalue weighted by atomic mass is 32.1. The van der Waals surface area contributed by atoms with E-state index in [2.05, 4.69) is 23.5 Å². The molecule has 12 heteroatoms. The monoisotopic (exact) mass is 621 g/mol. The van der Waals surface area contributed by atoms with Crippen molar-refractivity contribution in [3.05, 3.63) is 66.2 Å². The van der Waals surface area contributed by atoms with Crippen molar-refractivity contribution in [2.75, 3.05) is 0 Å². The van der Waals surface area contributed by atoms with E-state index in [0.717, 1.165) is 36.1 Å². The molecule has 2 heterocycles. The molecule has 43 heavy (non-hydrogen) atoms. The molecule has 0 fully saturated rings. The van der Waals surface area contributed by atoms with Crippen LogP contribution in [0.5, 0.6) is 0 Å². The van der Waals surface area contributed by atoms with Crippen LogP contribution in [0.3, 0.4) is 0 Å². The predicted octanol–water partition coefficient (Wildman–Crippen LogP) is 4.90. The molecule has 0 aliphatic rings. The largest absolute Gasteiger partial charge is 0.481 e. The summed E-state index contributed by atoms with van der Waals surface area (Å²) < 4.78 is 1.14. The van der Waals surface area contributed by atoms with Gasteiger partial charge in [0.1, 0.15) is 5.01 Å². The first-order valence-corrected chi connectivity index (χ1v) is 15.3.